The van der Waals surface area contributed by atoms with Crippen molar-refractivity contribution in [1.29, 1.82) is 0 Å². The SMILES string of the molecule is Cc1nc2c(C(=O)N3CC4(CCCC4)c4c(F)cccc43)cccc2[nH]1. The molecule has 0 atom stereocenters. The summed E-state index contributed by atoms with van der Waals surface area (Å²) in [5, 5.41) is 0. The number of imidazole rings is 1. The zero-order valence-electron chi connectivity index (χ0n) is 14.7. The number of nitrogens with one attached hydrogen (secondary N) is 1. The predicted molar refractivity (Wildman–Crippen MR) is 99.1 cm³/mol. The van der Waals surface area contributed by atoms with Crippen LogP contribution in [0.15, 0.2) is 36.4 Å². The summed E-state index contributed by atoms with van der Waals surface area (Å²) in [6, 6.07) is 10.7. The highest BCUT2D eigenvalue weighted by Gasteiger charge is 2.48. The average Bonchev–Trinajstić information content (AvgIpc) is 3.32. The molecule has 5 heteroatoms. The van der Waals surface area contributed by atoms with Crippen LogP contribution in [-0.4, -0.2) is 22.4 Å². The van der Waals surface area contributed by atoms with Crippen molar-refractivity contribution in [2.75, 3.05) is 11.4 Å². The maximum atomic E-state index is 14.7. The number of hydrogen-bond acceptors (Lipinski definition) is 2. The molecule has 1 aliphatic carbocycles. The van der Waals surface area contributed by atoms with Gasteiger partial charge in [0.15, 0.2) is 0 Å². The first kappa shape index (κ1) is 15.6. The first-order chi connectivity index (χ1) is 12.6. The van der Waals surface area contributed by atoms with Gasteiger partial charge in [-0.15, -0.1) is 0 Å². The number of aromatic nitrogens is 2. The molecule has 1 spiro atoms. The van der Waals surface area contributed by atoms with Gasteiger partial charge in [-0.2, -0.15) is 0 Å². The molecular weight excluding hydrogens is 329 g/mol. The topological polar surface area (TPSA) is 49.0 Å². The Balaban J connectivity index is 1.65. The van der Waals surface area contributed by atoms with E-state index in [1.165, 1.54) is 6.07 Å². The van der Waals surface area contributed by atoms with Gasteiger partial charge in [-0.1, -0.05) is 25.0 Å². The largest absolute Gasteiger partial charge is 0.342 e. The fourth-order valence-electron chi connectivity index (χ4n) is 4.84. The lowest BCUT2D eigenvalue weighted by Crippen LogP contribution is -2.35. The van der Waals surface area contributed by atoms with Gasteiger partial charge >= 0.3 is 0 Å². The molecule has 1 N–H and O–H groups in total. The highest BCUT2D eigenvalue weighted by atomic mass is 19.1. The zero-order valence-corrected chi connectivity index (χ0v) is 14.7. The fourth-order valence-corrected chi connectivity index (χ4v) is 4.84. The van der Waals surface area contributed by atoms with E-state index in [4.69, 9.17) is 0 Å². The normalized spacial score (nSPS) is 18.0. The number of para-hydroxylation sites is 1. The molecule has 1 saturated carbocycles. The Kier molecular flexibility index (Phi) is 3.23. The molecule has 0 radical (unpaired) electrons. The highest BCUT2D eigenvalue weighted by molar-refractivity contribution is 6.13. The van der Waals surface area contributed by atoms with E-state index >= 15 is 0 Å². The van der Waals surface area contributed by atoms with Crippen molar-refractivity contribution in [3.8, 4) is 0 Å². The Bertz CT molecular complexity index is 1030. The molecule has 5 rings (SSSR count). The summed E-state index contributed by atoms with van der Waals surface area (Å²) in [5.74, 6) is 0.492. The summed E-state index contributed by atoms with van der Waals surface area (Å²) < 4.78 is 14.7. The molecular formula is C21H20FN3O. The molecule has 2 aliphatic rings. The number of carbonyl (C=O) groups excluding carboxylic acids is 1. The van der Waals surface area contributed by atoms with Gasteiger partial charge in [0.05, 0.1) is 16.8 Å². The number of hydrogen-bond donors (Lipinski definition) is 1. The van der Waals surface area contributed by atoms with Crippen molar-refractivity contribution >= 4 is 22.6 Å². The number of carbonyl (C=O) groups is 1. The summed E-state index contributed by atoms with van der Waals surface area (Å²) in [6.07, 6.45) is 4.06. The molecule has 0 bridgehead atoms. The zero-order chi connectivity index (χ0) is 17.9. The van der Waals surface area contributed by atoms with E-state index in [1.807, 2.05) is 31.2 Å². The average molecular weight is 349 g/mol. The van der Waals surface area contributed by atoms with Crippen LogP contribution in [0.3, 0.4) is 0 Å². The van der Waals surface area contributed by atoms with E-state index < -0.39 is 0 Å². The summed E-state index contributed by atoms with van der Waals surface area (Å²) in [6.45, 7) is 2.43. The van der Waals surface area contributed by atoms with Crippen LogP contribution in [0.25, 0.3) is 11.0 Å². The minimum atomic E-state index is -0.230. The minimum Gasteiger partial charge on any atom is -0.342 e. The van der Waals surface area contributed by atoms with Crippen molar-refractivity contribution in [3.63, 3.8) is 0 Å². The molecule has 26 heavy (non-hydrogen) atoms. The van der Waals surface area contributed by atoms with Gasteiger partial charge < -0.3 is 9.88 Å². The van der Waals surface area contributed by atoms with Gasteiger partial charge in [0.25, 0.3) is 5.91 Å². The first-order valence-electron chi connectivity index (χ1n) is 9.15. The Morgan fingerprint density at radius 2 is 1.96 bits per heavy atom. The Hall–Kier alpha value is -2.69. The maximum absolute atomic E-state index is 14.7. The number of benzene rings is 2. The third-order valence-electron chi connectivity index (χ3n) is 5.94. The van der Waals surface area contributed by atoms with Crippen molar-refractivity contribution in [2.24, 2.45) is 0 Å². The molecule has 1 amide bonds. The smallest absolute Gasteiger partial charge is 0.260 e. The number of aryl methyl sites for hydroxylation is 1. The van der Waals surface area contributed by atoms with Gasteiger partial charge in [0.1, 0.15) is 17.2 Å². The second-order valence-corrected chi connectivity index (χ2v) is 7.54. The molecule has 2 heterocycles. The fraction of sp³-hybridized carbons (Fsp3) is 0.333. The van der Waals surface area contributed by atoms with Crippen molar-refractivity contribution in [3.05, 3.63) is 59.2 Å². The molecule has 1 aromatic heterocycles. The lowest BCUT2D eigenvalue weighted by Gasteiger charge is -2.25. The molecule has 1 fully saturated rings. The Morgan fingerprint density at radius 1 is 1.19 bits per heavy atom. The van der Waals surface area contributed by atoms with Gasteiger partial charge in [0, 0.05) is 17.5 Å². The molecule has 3 aromatic rings. The predicted octanol–water partition coefficient (Wildman–Crippen LogP) is 4.48. The number of rotatable bonds is 1. The summed E-state index contributed by atoms with van der Waals surface area (Å²) >= 11 is 0. The van der Waals surface area contributed by atoms with E-state index in [0.717, 1.165) is 48.3 Å². The number of aromatic amines is 1. The lowest BCUT2D eigenvalue weighted by molar-refractivity contribution is 0.0986. The van der Waals surface area contributed by atoms with Crippen LogP contribution in [0.4, 0.5) is 10.1 Å². The molecule has 2 aromatic carbocycles. The van der Waals surface area contributed by atoms with Crippen LogP contribution >= 0.6 is 0 Å². The quantitative estimate of drug-likeness (QED) is 0.704. The number of amides is 1. The van der Waals surface area contributed by atoms with E-state index in [-0.39, 0.29) is 17.1 Å². The molecule has 0 saturated heterocycles. The third kappa shape index (κ3) is 2.06. The van der Waals surface area contributed by atoms with E-state index in [2.05, 4.69) is 9.97 Å². The molecule has 4 nitrogen and oxygen atoms in total. The van der Waals surface area contributed by atoms with Gasteiger partial charge in [0.2, 0.25) is 0 Å². The third-order valence-corrected chi connectivity index (χ3v) is 5.94. The van der Waals surface area contributed by atoms with Gasteiger partial charge in [-0.05, 0) is 44.0 Å². The lowest BCUT2D eigenvalue weighted by atomic mass is 9.80. The Labute approximate surface area is 151 Å². The van der Waals surface area contributed by atoms with Gasteiger partial charge in [-0.3, -0.25) is 4.79 Å². The molecule has 1 aliphatic heterocycles. The van der Waals surface area contributed by atoms with Crippen LogP contribution < -0.4 is 4.90 Å². The van der Waals surface area contributed by atoms with E-state index in [1.54, 1.807) is 11.0 Å². The maximum Gasteiger partial charge on any atom is 0.260 e. The van der Waals surface area contributed by atoms with E-state index in [9.17, 15) is 9.18 Å². The van der Waals surface area contributed by atoms with E-state index in [0.29, 0.717) is 17.6 Å². The second-order valence-electron chi connectivity index (χ2n) is 7.54. The summed E-state index contributed by atoms with van der Waals surface area (Å²) in [4.78, 5) is 22.9. The summed E-state index contributed by atoms with van der Waals surface area (Å²) in [5.41, 5.74) is 3.32. The van der Waals surface area contributed by atoms with Crippen molar-refractivity contribution < 1.29 is 9.18 Å². The number of halogens is 1. The number of H-pyrrole nitrogens is 1. The van der Waals surface area contributed by atoms with Crippen LogP contribution in [0.2, 0.25) is 0 Å². The second kappa shape index (κ2) is 5.40. The molecule has 132 valence electrons. The number of anilines is 1. The minimum absolute atomic E-state index is 0.0993. The van der Waals surface area contributed by atoms with Gasteiger partial charge in [-0.25, -0.2) is 9.37 Å². The van der Waals surface area contributed by atoms with Crippen molar-refractivity contribution in [1.82, 2.24) is 9.97 Å². The first-order valence-corrected chi connectivity index (χ1v) is 9.15. The van der Waals surface area contributed by atoms with Crippen LogP contribution in [-0.2, 0) is 5.41 Å². The number of fused-ring (bicyclic) bond motifs is 3. The Morgan fingerprint density at radius 3 is 2.77 bits per heavy atom. The standard InChI is InChI=1S/C21H20FN3O/c1-13-23-16-8-4-6-14(19(16)24-13)20(26)25-12-21(10-2-3-11-21)18-15(22)7-5-9-17(18)25/h4-9H,2-3,10-12H2,1H3,(H,23,24). The van der Waals surface area contributed by atoms with Crippen LogP contribution in [0.5, 0.6) is 0 Å². The highest BCUT2D eigenvalue weighted by Crippen LogP contribution is 2.51. The monoisotopic (exact) mass is 349 g/mol. The van der Waals surface area contributed by atoms with Crippen molar-refractivity contribution in [2.45, 2.75) is 38.0 Å². The molecule has 0 unspecified atom stereocenters. The summed E-state index contributed by atoms with van der Waals surface area (Å²) in [7, 11) is 0. The van der Waals surface area contributed by atoms with Crippen LogP contribution in [0.1, 0.15) is 47.4 Å². The van der Waals surface area contributed by atoms with Crippen LogP contribution in [0, 0.1) is 12.7 Å². The number of nitrogens with zero attached hydrogens (tertiary/aromatic N) is 2.